The lowest BCUT2D eigenvalue weighted by Gasteiger charge is -2.32. The maximum absolute atomic E-state index is 8.82. The number of nitriles is 1. The van der Waals surface area contributed by atoms with Crippen molar-refractivity contribution in [2.75, 3.05) is 44.4 Å². The Bertz CT molecular complexity index is 477. The summed E-state index contributed by atoms with van der Waals surface area (Å²) >= 11 is 0. The molecule has 108 valence electrons. The number of nitrogen functional groups attached to an aromatic ring is 1. The van der Waals surface area contributed by atoms with E-state index in [-0.39, 0.29) is 5.82 Å². The SMILES string of the molecule is COCCN1CCC(Nc2ccc(C#N)c(N)n2)CC1. The van der Waals surface area contributed by atoms with E-state index < -0.39 is 0 Å². The van der Waals surface area contributed by atoms with Gasteiger partial charge in [-0.15, -0.1) is 0 Å². The molecule has 6 heteroatoms. The molecule has 0 amide bonds. The third kappa shape index (κ3) is 3.83. The first-order chi connectivity index (χ1) is 9.72. The van der Waals surface area contributed by atoms with E-state index in [1.165, 1.54) is 0 Å². The first-order valence-corrected chi connectivity index (χ1v) is 6.87. The van der Waals surface area contributed by atoms with Crippen LogP contribution in [0, 0.1) is 11.3 Å². The second kappa shape index (κ2) is 7.08. The zero-order valence-corrected chi connectivity index (χ0v) is 11.8. The Hall–Kier alpha value is -1.84. The van der Waals surface area contributed by atoms with Crippen molar-refractivity contribution < 1.29 is 4.74 Å². The van der Waals surface area contributed by atoms with Gasteiger partial charge in [0.25, 0.3) is 0 Å². The van der Waals surface area contributed by atoms with Crippen LogP contribution in [-0.4, -0.2) is 49.3 Å². The van der Waals surface area contributed by atoms with Crippen LogP contribution < -0.4 is 11.1 Å². The van der Waals surface area contributed by atoms with Gasteiger partial charge in [-0.2, -0.15) is 5.26 Å². The Kier molecular flexibility index (Phi) is 5.16. The number of rotatable bonds is 5. The summed E-state index contributed by atoms with van der Waals surface area (Å²) in [4.78, 5) is 6.62. The fraction of sp³-hybridized carbons (Fsp3) is 0.571. The fourth-order valence-electron chi connectivity index (χ4n) is 2.38. The standard InChI is InChI=1S/C14H21N5O/c1-20-9-8-19-6-4-12(5-7-19)17-13-3-2-11(10-15)14(16)18-13/h2-3,12H,4-9H2,1H3,(H3,16,17,18). The monoisotopic (exact) mass is 275 g/mol. The van der Waals surface area contributed by atoms with Crippen molar-refractivity contribution in [3.05, 3.63) is 17.7 Å². The summed E-state index contributed by atoms with van der Waals surface area (Å²) in [6, 6.07) is 5.95. The van der Waals surface area contributed by atoms with Crippen LogP contribution in [0.15, 0.2) is 12.1 Å². The highest BCUT2D eigenvalue weighted by Gasteiger charge is 2.19. The molecule has 0 spiro atoms. The predicted molar refractivity (Wildman–Crippen MR) is 78.3 cm³/mol. The Morgan fingerprint density at radius 1 is 1.50 bits per heavy atom. The normalized spacial score (nSPS) is 16.8. The summed E-state index contributed by atoms with van der Waals surface area (Å²) in [5.41, 5.74) is 6.14. The number of anilines is 2. The van der Waals surface area contributed by atoms with E-state index in [4.69, 9.17) is 15.7 Å². The lowest BCUT2D eigenvalue weighted by atomic mass is 10.1. The van der Waals surface area contributed by atoms with E-state index >= 15 is 0 Å². The highest BCUT2D eigenvalue weighted by atomic mass is 16.5. The second-order valence-electron chi connectivity index (χ2n) is 4.99. The highest BCUT2D eigenvalue weighted by Crippen LogP contribution is 2.17. The zero-order valence-electron chi connectivity index (χ0n) is 11.8. The number of nitrogens with one attached hydrogen (secondary N) is 1. The molecule has 20 heavy (non-hydrogen) atoms. The molecule has 2 heterocycles. The Labute approximate surface area is 119 Å². The van der Waals surface area contributed by atoms with E-state index in [2.05, 4.69) is 15.2 Å². The Morgan fingerprint density at radius 2 is 2.25 bits per heavy atom. The quantitative estimate of drug-likeness (QED) is 0.835. The number of hydrogen-bond acceptors (Lipinski definition) is 6. The number of piperidine rings is 1. The van der Waals surface area contributed by atoms with E-state index in [9.17, 15) is 0 Å². The summed E-state index contributed by atoms with van der Waals surface area (Å²) < 4.78 is 5.09. The van der Waals surface area contributed by atoms with Crippen LogP contribution in [-0.2, 0) is 4.74 Å². The van der Waals surface area contributed by atoms with Gasteiger partial charge in [0.15, 0.2) is 0 Å². The topological polar surface area (TPSA) is 87.2 Å². The van der Waals surface area contributed by atoms with Crippen molar-refractivity contribution in [2.45, 2.75) is 18.9 Å². The van der Waals surface area contributed by atoms with Crippen molar-refractivity contribution >= 4 is 11.6 Å². The van der Waals surface area contributed by atoms with E-state index in [0.29, 0.717) is 11.6 Å². The minimum Gasteiger partial charge on any atom is -0.383 e. The molecule has 0 bridgehead atoms. The van der Waals surface area contributed by atoms with Gasteiger partial charge in [-0.05, 0) is 25.0 Å². The van der Waals surface area contributed by atoms with E-state index in [1.807, 2.05) is 12.1 Å². The van der Waals surface area contributed by atoms with Crippen LogP contribution in [0.5, 0.6) is 0 Å². The molecule has 0 atom stereocenters. The molecule has 3 N–H and O–H groups in total. The first kappa shape index (κ1) is 14.6. The molecule has 1 saturated heterocycles. The maximum atomic E-state index is 8.82. The fourth-order valence-corrected chi connectivity index (χ4v) is 2.38. The smallest absolute Gasteiger partial charge is 0.143 e. The molecular weight excluding hydrogens is 254 g/mol. The van der Waals surface area contributed by atoms with Crippen LogP contribution in [0.3, 0.4) is 0 Å². The average Bonchev–Trinajstić information content (AvgIpc) is 2.47. The van der Waals surface area contributed by atoms with Gasteiger partial charge in [-0.25, -0.2) is 4.98 Å². The first-order valence-electron chi connectivity index (χ1n) is 6.87. The van der Waals surface area contributed by atoms with Gasteiger partial charge in [0, 0.05) is 32.8 Å². The zero-order chi connectivity index (χ0) is 14.4. The number of nitrogens with zero attached hydrogens (tertiary/aromatic N) is 3. The summed E-state index contributed by atoms with van der Waals surface area (Å²) in [6.07, 6.45) is 2.15. The molecule has 1 aromatic rings. The maximum Gasteiger partial charge on any atom is 0.143 e. The summed E-state index contributed by atoms with van der Waals surface area (Å²) in [7, 11) is 1.73. The molecule has 1 fully saturated rings. The number of nitrogens with two attached hydrogens (primary N) is 1. The molecule has 0 radical (unpaired) electrons. The Balaban J connectivity index is 1.83. The van der Waals surface area contributed by atoms with Crippen molar-refractivity contribution in [1.82, 2.24) is 9.88 Å². The molecule has 0 aliphatic carbocycles. The van der Waals surface area contributed by atoms with Gasteiger partial charge in [-0.3, -0.25) is 0 Å². The summed E-state index contributed by atoms with van der Waals surface area (Å²) in [5, 5.41) is 12.2. The predicted octanol–water partition coefficient (Wildman–Crippen LogP) is 1.06. The van der Waals surface area contributed by atoms with E-state index in [0.717, 1.165) is 44.9 Å². The molecule has 1 aliphatic heterocycles. The molecule has 2 rings (SSSR count). The molecule has 0 unspecified atom stereocenters. The number of ether oxygens (including phenoxy) is 1. The minimum absolute atomic E-state index is 0.287. The van der Waals surface area contributed by atoms with Crippen molar-refractivity contribution in [3.63, 3.8) is 0 Å². The third-order valence-electron chi connectivity index (χ3n) is 3.60. The van der Waals surface area contributed by atoms with Crippen LogP contribution in [0.1, 0.15) is 18.4 Å². The molecule has 0 aromatic carbocycles. The number of likely N-dealkylation sites (tertiary alicyclic amines) is 1. The molecule has 1 aromatic heterocycles. The molecule has 0 saturated carbocycles. The van der Waals surface area contributed by atoms with Crippen molar-refractivity contribution in [3.8, 4) is 6.07 Å². The van der Waals surface area contributed by atoms with Crippen LogP contribution in [0.2, 0.25) is 0 Å². The molecule has 6 nitrogen and oxygen atoms in total. The van der Waals surface area contributed by atoms with Gasteiger partial charge in [0.05, 0.1) is 12.2 Å². The highest BCUT2D eigenvalue weighted by molar-refractivity contribution is 5.54. The summed E-state index contributed by atoms with van der Waals surface area (Å²) in [6.45, 7) is 3.90. The summed E-state index contributed by atoms with van der Waals surface area (Å²) in [5.74, 6) is 1.03. The molecule has 1 aliphatic rings. The minimum atomic E-state index is 0.287. The molecular formula is C14H21N5O. The average molecular weight is 275 g/mol. The van der Waals surface area contributed by atoms with Gasteiger partial charge < -0.3 is 20.7 Å². The van der Waals surface area contributed by atoms with Crippen LogP contribution >= 0.6 is 0 Å². The van der Waals surface area contributed by atoms with Crippen molar-refractivity contribution in [1.29, 1.82) is 5.26 Å². The van der Waals surface area contributed by atoms with E-state index in [1.54, 1.807) is 13.2 Å². The second-order valence-corrected chi connectivity index (χ2v) is 4.99. The number of aromatic nitrogens is 1. The number of pyridine rings is 1. The lowest BCUT2D eigenvalue weighted by Crippen LogP contribution is -2.40. The number of methoxy groups -OCH3 is 1. The third-order valence-corrected chi connectivity index (χ3v) is 3.60. The number of hydrogen-bond donors (Lipinski definition) is 2. The van der Waals surface area contributed by atoms with Gasteiger partial charge in [-0.1, -0.05) is 0 Å². The van der Waals surface area contributed by atoms with Gasteiger partial charge >= 0.3 is 0 Å². The van der Waals surface area contributed by atoms with Crippen molar-refractivity contribution in [2.24, 2.45) is 0 Å². The van der Waals surface area contributed by atoms with Gasteiger partial charge in [0.1, 0.15) is 17.7 Å². The van der Waals surface area contributed by atoms with Gasteiger partial charge in [0.2, 0.25) is 0 Å². The van der Waals surface area contributed by atoms with Crippen LogP contribution in [0.4, 0.5) is 11.6 Å². The van der Waals surface area contributed by atoms with Crippen LogP contribution in [0.25, 0.3) is 0 Å². The lowest BCUT2D eigenvalue weighted by molar-refractivity contribution is 0.132. The Morgan fingerprint density at radius 3 is 2.85 bits per heavy atom. The largest absolute Gasteiger partial charge is 0.383 e.